The maximum absolute atomic E-state index is 13.8. The third-order valence-corrected chi connectivity index (χ3v) is 3.00. The van der Waals surface area contributed by atoms with Gasteiger partial charge in [-0.3, -0.25) is 0 Å². The van der Waals surface area contributed by atoms with E-state index in [9.17, 15) is 4.39 Å². The van der Waals surface area contributed by atoms with E-state index in [1.165, 1.54) is 11.6 Å². The second kappa shape index (κ2) is 5.85. The Bertz CT molecular complexity index is 566. The molecule has 0 heterocycles. The van der Waals surface area contributed by atoms with Crippen molar-refractivity contribution in [3.05, 3.63) is 59.4 Å². The van der Waals surface area contributed by atoms with Crippen molar-refractivity contribution in [3.8, 4) is 11.5 Å². The predicted octanol–water partition coefficient (Wildman–Crippen LogP) is 4.20. The van der Waals surface area contributed by atoms with E-state index in [0.29, 0.717) is 17.1 Å². The van der Waals surface area contributed by atoms with Gasteiger partial charge in [-0.25, -0.2) is 4.39 Å². The Hall–Kier alpha value is -1.87. The molecule has 100 valence electrons. The molecule has 2 rings (SSSR count). The molecule has 0 amide bonds. The maximum Gasteiger partial charge on any atom is 0.135 e. The molecule has 0 radical (unpaired) electrons. The minimum atomic E-state index is -0.412. The lowest BCUT2D eigenvalue weighted by atomic mass is 10.1. The molecule has 2 nitrogen and oxygen atoms in total. The zero-order valence-corrected chi connectivity index (χ0v) is 11.2. The van der Waals surface area contributed by atoms with Gasteiger partial charge in [0.25, 0.3) is 0 Å². The Morgan fingerprint density at radius 2 is 1.95 bits per heavy atom. The first kappa shape index (κ1) is 13.6. The van der Waals surface area contributed by atoms with Crippen molar-refractivity contribution < 1.29 is 9.13 Å². The summed E-state index contributed by atoms with van der Waals surface area (Å²) in [4.78, 5) is 0. The fourth-order valence-corrected chi connectivity index (χ4v) is 2.00. The number of benzene rings is 2. The largest absolute Gasteiger partial charge is 0.457 e. The second-order valence-electron chi connectivity index (χ2n) is 4.54. The Balaban J connectivity index is 2.35. The SMILES string of the molecule is CCc1cccc(Oc2cccc(F)c2C(C)N)c1. The maximum atomic E-state index is 13.8. The minimum Gasteiger partial charge on any atom is -0.457 e. The average molecular weight is 259 g/mol. The standard InChI is InChI=1S/C16H18FNO/c1-3-12-6-4-7-13(10-12)19-15-9-5-8-14(17)16(15)11(2)18/h4-11H,3,18H2,1-2H3. The van der Waals surface area contributed by atoms with E-state index in [-0.39, 0.29) is 5.82 Å². The van der Waals surface area contributed by atoms with Crippen LogP contribution in [0.15, 0.2) is 42.5 Å². The molecule has 2 aromatic rings. The van der Waals surface area contributed by atoms with Crippen LogP contribution in [0.4, 0.5) is 4.39 Å². The number of rotatable bonds is 4. The van der Waals surface area contributed by atoms with Crippen molar-refractivity contribution in [1.29, 1.82) is 0 Å². The summed E-state index contributed by atoms with van der Waals surface area (Å²) in [6.07, 6.45) is 0.931. The van der Waals surface area contributed by atoms with Gasteiger partial charge in [0.2, 0.25) is 0 Å². The van der Waals surface area contributed by atoms with Gasteiger partial charge in [0.15, 0.2) is 0 Å². The van der Waals surface area contributed by atoms with Gasteiger partial charge >= 0.3 is 0 Å². The van der Waals surface area contributed by atoms with Crippen LogP contribution in [0.25, 0.3) is 0 Å². The normalized spacial score (nSPS) is 12.2. The van der Waals surface area contributed by atoms with Crippen LogP contribution < -0.4 is 10.5 Å². The summed E-state index contributed by atoms with van der Waals surface area (Å²) in [5, 5.41) is 0. The van der Waals surface area contributed by atoms with E-state index in [1.54, 1.807) is 19.1 Å². The number of ether oxygens (including phenoxy) is 1. The highest BCUT2D eigenvalue weighted by Gasteiger charge is 2.14. The first-order valence-electron chi connectivity index (χ1n) is 6.42. The van der Waals surface area contributed by atoms with Crippen molar-refractivity contribution in [2.45, 2.75) is 26.3 Å². The van der Waals surface area contributed by atoms with Gasteiger partial charge in [0.1, 0.15) is 17.3 Å². The van der Waals surface area contributed by atoms with Crippen molar-refractivity contribution in [2.75, 3.05) is 0 Å². The molecule has 0 aliphatic heterocycles. The van der Waals surface area contributed by atoms with Gasteiger partial charge in [0.05, 0.1) is 0 Å². The molecule has 1 unspecified atom stereocenters. The molecular formula is C16H18FNO. The fourth-order valence-electron chi connectivity index (χ4n) is 2.00. The van der Waals surface area contributed by atoms with Crippen LogP contribution in [0.1, 0.15) is 31.0 Å². The molecule has 3 heteroatoms. The first-order valence-corrected chi connectivity index (χ1v) is 6.42. The molecular weight excluding hydrogens is 241 g/mol. The van der Waals surface area contributed by atoms with Crippen molar-refractivity contribution in [3.63, 3.8) is 0 Å². The third-order valence-electron chi connectivity index (χ3n) is 3.00. The molecule has 19 heavy (non-hydrogen) atoms. The van der Waals surface area contributed by atoms with E-state index >= 15 is 0 Å². The molecule has 0 saturated heterocycles. The fraction of sp³-hybridized carbons (Fsp3) is 0.250. The summed E-state index contributed by atoms with van der Waals surface area (Å²) in [7, 11) is 0. The van der Waals surface area contributed by atoms with Crippen LogP contribution in [0.5, 0.6) is 11.5 Å². The highest BCUT2D eigenvalue weighted by Crippen LogP contribution is 2.31. The summed E-state index contributed by atoms with van der Waals surface area (Å²) in [5.41, 5.74) is 7.39. The minimum absolute atomic E-state index is 0.334. The molecule has 0 aliphatic carbocycles. The quantitative estimate of drug-likeness (QED) is 0.893. The number of aryl methyl sites for hydroxylation is 1. The van der Waals surface area contributed by atoms with Crippen LogP contribution in [-0.2, 0) is 6.42 Å². The van der Waals surface area contributed by atoms with Gasteiger partial charge < -0.3 is 10.5 Å². The molecule has 0 spiro atoms. The highest BCUT2D eigenvalue weighted by atomic mass is 19.1. The van der Waals surface area contributed by atoms with E-state index in [0.717, 1.165) is 6.42 Å². The first-order chi connectivity index (χ1) is 9.11. The molecule has 2 aromatic carbocycles. The van der Waals surface area contributed by atoms with Crippen LogP contribution >= 0.6 is 0 Å². The Morgan fingerprint density at radius 1 is 1.21 bits per heavy atom. The van der Waals surface area contributed by atoms with E-state index in [4.69, 9.17) is 10.5 Å². The lowest BCUT2D eigenvalue weighted by molar-refractivity contribution is 0.460. The molecule has 0 bridgehead atoms. The zero-order chi connectivity index (χ0) is 13.8. The molecule has 1 atom stereocenters. The van der Waals surface area contributed by atoms with Crippen molar-refractivity contribution >= 4 is 0 Å². The molecule has 0 fully saturated rings. The van der Waals surface area contributed by atoms with Crippen molar-refractivity contribution in [1.82, 2.24) is 0 Å². The molecule has 0 saturated carbocycles. The van der Waals surface area contributed by atoms with Crippen LogP contribution in [0.2, 0.25) is 0 Å². The number of halogens is 1. The van der Waals surface area contributed by atoms with Crippen LogP contribution in [0, 0.1) is 5.82 Å². The van der Waals surface area contributed by atoms with Gasteiger partial charge in [-0.15, -0.1) is 0 Å². The second-order valence-corrected chi connectivity index (χ2v) is 4.54. The molecule has 0 aliphatic rings. The Kier molecular flexibility index (Phi) is 4.17. The van der Waals surface area contributed by atoms with Crippen LogP contribution in [-0.4, -0.2) is 0 Å². The summed E-state index contributed by atoms with van der Waals surface area (Å²) < 4.78 is 19.6. The molecule has 2 N–H and O–H groups in total. The highest BCUT2D eigenvalue weighted by molar-refractivity contribution is 5.41. The topological polar surface area (TPSA) is 35.2 Å². The third kappa shape index (κ3) is 3.12. The lowest BCUT2D eigenvalue weighted by Crippen LogP contribution is -2.09. The van der Waals surface area contributed by atoms with Gasteiger partial charge in [-0.2, -0.15) is 0 Å². The van der Waals surface area contributed by atoms with Gasteiger partial charge in [-0.1, -0.05) is 25.1 Å². The van der Waals surface area contributed by atoms with Crippen LogP contribution in [0.3, 0.4) is 0 Å². The predicted molar refractivity (Wildman–Crippen MR) is 74.9 cm³/mol. The summed E-state index contributed by atoms with van der Waals surface area (Å²) >= 11 is 0. The van der Waals surface area contributed by atoms with Gasteiger partial charge in [-0.05, 0) is 43.2 Å². The lowest BCUT2D eigenvalue weighted by Gasteiger charge is -2.14. The molecule has 0 aromatic heterocycles. The van der Waals surface area contributed by atoms with E-state index in [1.807, 2.05) is 24.3 Å². The number of nitrogens with two attached hydrogens (primary N) is 1. The summed E-state index contributed by atoms with van der Waals surface area (Å²) in [5.74, 6) is 0.842. The number of hydrogen-bond acceptors (Lipinski definition) is 2. The van der Waals surface area contributed by atoms with E-state index < -0.39 is 6.04 Å². The smallest absolute Gasteiger partial charge is 0.135 e. The Labute approximate surface area is 113 Å². The van der Waals surface area contributed by atoms with Gasteiger partial charge in [0, 0.05) is 11.6 Å². The monoisotopic (exact) mass is 259 g/mol. The number of hydrogen-bond donors (Lipinski definition) is 1. The Morgan fingerprint density at radius 3 is 2.63 bits per heavy atom. The zero-order valence-electron chi connectivity index (χ0n) is 11.2. The summed E-state index contributed by atoms with van der Waals surface area (Å²) in [6.45, 7) is 3.82. The van der Waals surface area contributed by atoms with E-state index in [2.05, 4.69) is 6.92 Å². The average Bonchev–Trinajstić information content (AvgIpc) is 2.38. The van der Waals surface area contributed by atoms with Crippen molar-refractivity contribution in [2.24, 2.45) is 5.73 Å². The summed E-state index contributed by atoms with van der Waals surface area (Å²) in [6, 6.07) is 12.1.